The number of aliphatic imine (C=N–C) groups is 1. The van der Waals surface area contributed by atoms with Crippen molar-refractivity contribution in [1.29, 1.82) is 0 Å². The molecule has 2 N–H and O–H groups in total. The summed E-state index contributed by atoms with van der Waals surface area (Å²) in [5.41, 5.74) is 6.97. The van der Waals surface area contributed by atoms with Crippen LogP contribution in [0.15, 0.2) is 23.2 Å². The van der Waals surface area contributed by atoms with E-state index in [0.717, 1.165) is 18.7 Å². The molecule has 0 fully saturated rings. The summed E-state index contributed by atoms with van der Waals surface area (Å²) < 4.78 is 10.5. The number of halogens is 1. The number of hydrogen-bond acceptors (Lipinski definition) is 3. The van der Waals surface area contributed by atoms with E-state index < -0.39 is 0 Å². The maximum Gasteiger partial charge on any atom is 0.191 e. The number of nitrogens with zero attached hydrogens (tertiary/aromatic N) is 2. The first-order chi connectivity index (χ1) is 9.15. The summed E-state index contributed by atoms with van der Waals surface area (Å²) in [6.45, 7) is 6.36. The molecule has 0 aliphatic rings. The number of ether oxygens (including phenoxy) is 2. The largest absolute Gasteiger partial charge is 0.493 e. The van der Waals surface area contributed by atoms with Gasteiger partial charge in [0, 0.05) is 13.1 Å². The second kappa shape index (κ2) is 9.68. The van der Waals surface area contributed by atoms with E-state index in [4.69, 9.17) is 15.2 Å². The predicted octanol–water partition coefficient (Wildman–Crippen LogP) is 2.48. The highest BCUT2D eigenvalue weighted by molar-refractivity contribution is 14.0. The Hall–Kier alpha value is -1.18. The van der Waals surface area contributed by atoms with Gasteiger partial charge in [0.05, 0.1) is 20.8 Å². The van der Waals surface area contributed by atoms with Crippen LogP contribution >= 0.6 is 24.0 Å². The van der Waals surface area contributed by atoms with E-state index >= 15 is 0 Å². The first kappa shape index (κ1) is 18.8. The maximum atomic E-state index is 5.93. The Morgan fingerprint density at radius 1 is 1.15 bits per heavy atom. The summed E-state index contributed by atoms with van der Waals surface area (Å²) in [7, 11) is 3.24. The molecule has 5 nitrogen and oxygen atoms in total. The summed E-state index contributed by atoms with van der Waals surface area (Å²) in [5.74, 6) is 1.99. The molecule has 6 heteroatoms. The molecule has 1 aromatic rings. The van der Waals surface area contributed by atoms with E-state index in [1.165, 1.54) is 0 Å². The zero-order valence-electron chi connectivity index (χ0n) is 12.5. The summed E-state index contributed by atoms with van der Waals surface area (Å²) in [5, 5.41) is 0. The number of rotatable bonds is 6. The van der Waals surface area contributed by atoms with Crippen LogP contribution in [0.4, 0.5) is 0 Å². The van der Waals surface area contributed by atoms with Crippen molar-refractivity contribution in [3.63, 3.8) is 0 Å². The van der Waals surface area contributed by atoms with E-state index in [0.29, 0.717) is 24.0 Å². The monoisotopic (exact) mass is 393 g/mol. The van der Waals surface area contributed by atoms with Gasteiger partial charge in [-0.3, -0.25) is 0 Å². The zero-order chi connectivity index (χ0) is 14.3. The van der Waals surface area contributed by atoms with Crippen LogP contribution in [0.5, 0.6) is 11.5 Å². The lowest BCUT2D eigenvalue weighted by atomic mass is 10.2. The number of methoxy groups -OCH3 is 2. The SMILES string of the molecule is CCN(CC)C(N)=NCc1ccc(OC)c(OC)c1.I. The number of guanidine groups is 1. The molecular formula is C14H24IN3O2. The van der Waals surface area contributed by atoms with Gasteiger partial charge in [0.15, 0.2) is 17.5 Å². The molecule has 0 atom stereocenters. The number of benzene rings is 1. The van der Waals surface area contributed by atoms with Gasteiger partial charge in [0.2, 0.25) is 0 Å². The zero-order valence-corrected chi connectivity index (χ0v) is 14.9. The fourth-order valence-corrected chi connectivity index (χ4v) is 1.80. The van der Waals surface area contributed by atoms with Crippen LogP contribution in [0.2, 0.25) is 0 Å². The average Bonchev–Trinajstić information content (AvgIpc) is 2.45. The van der Waals surface area contributed by atoms with Gasteiger partial charge in [-0.1, -0.05) is 6.07 Å². The molecule has 1 rings (SSSR count). The second-order valence-electron chi connectivity index (χ2n) is 4.04. The van der Waals surface area contributed by atoms with Gasteiger partial charge >= 0.3 is 0 Å². The molecule has 114 valence electrons. The van der Waals surface area contributed by atoms with Gasteiger partial charge < -0.3 is 20.1 Å². The Kier molecular flexibility index (Phi) is 9.11. The van der Waals surface area contributed by atoms with Gasteiger partial charge in [0.25, 0.3) is 0 Å². The van der Waals surface area contributed by atoms with E-state index in [2.05, 4.69) is 18.8 Å². The maximum absolute atomic E-state index is 5.93. The summed E-state index contributed by atoms with van der Waals surface area (Å²) in [6, 6.07) is 5.75. The molecule has 0 radical (unpaired) electrons. The molecule has 0 saturated carbocycles. The minimum absolute atomic E-state index is 0. The van der Waals surface area contributed by atoms with Crippen molar-refractivity contribution in [2.45, 2.75) is 20.4 Å². The standard InChI is InChI=1S/C14H23N3O2.HI/c1-5-17(6-2)14(15)16-10-11-7-8-12(18-3)13(9-11)19-4;/h7-9H,5-6,10H2,1-4H3,(H2,15,16);1H. The smallest absolute Gasteiger partial charge is 0.191 e. The van der Waals surface area contributed by atoms with Crippen molar-refractivity contribution < 1.29 is 9.47 Å². The average molecular weight is 393 g/mol. The molecule has 0 unspecified atom stereocenters. The van der Waals surface area contributed by atoms with E-state index in [1.54, 1.807) is 14.2 Å². The van der Waals surface area contributed by atoms with Gasteiger partial charge in [-0.25, -0.2) is 4.99 Å². The molecule has 0 bridgehead atoms. The molecule has 0 aliphatic carbocycles. The summed E-state index contributed by atoms with van der Waals surface area (Å²) in [4.78, 5) is 6.41. The summed E-state index contributed by atoms with van der Waals surface area (Å²) in [6.07, 6.45) is 0. The van der Waals surface area contributed by atoms with Crippen LogP contribution < -0.4 is 15.2 Å². The van der Waals surface area contributed by atoms with Crippen LogP contribution in [0.25, 0.3) is 0 Å². The molecule has 0 saturated heterocycles. The molecule has 0 spiro atoms. The highest BCUT2D eigenvalue weighted by atomic mass is 127. The Morgan fingerprint density at radius 3 is 2.25 bits per heavy atom. The Balaban J connectivity index is 0.00000361. The van der Waals surface area contributed by atoms with Crippen molar-refractivity contribution in [3.8, 4) is 11.5 Å². The van der Waals surface area contributed by atoms with Crippen molar-refractivity contribution in [1.82, 2.24) is 4.90 Å². The van der Waals surface area contributed by atoms with Gasteiger partial charge in [0.1, 0.15) is 0 Å². The van der Waals surface area contributed by atoms with Crippen LogP contribution in [-0.4, -0.2) is 38.2 Å². The van der Waals surface area contributed by atoms with Crippen LogP contribution in [0.1, 0.15) is 19.4 Å². The molecule has 0 amide bonds. The quantitative estimate of drug-likeness (QED) is 0.458. The minimum Gasteiger partial charge on any atom is -0.493 e. The van der Waals surface area contributed by atoms with Crippen molar-refractivity contribution in [2.24, 2.45) is 10.7 Å². The molecule has 0 heterocycles. The minimum atomic E-state index is 0. The molecule has 1 aromatic carbocycles. The molecule has 20 heavy (non-hydrogen) atoms. The third-order valence-electron chi connectivity index (χ3n) is 2.96. The van der Waals surface area contributed by atoms with Crippen LogP contribution in [-0.2, 0) is 6.54 Å². The Morgan fingerprint density at radius 2 is 1.75 bits per heavy atom. The lowest BCUT2D eigenvalue weighted by molar-refractivity contribution is 0.354. The van der Waals surface area contributed by atoms with Crippen LogP contribution in [0, 0.1) is 0 Å². The number of nitrogens with two attached hydrogens (primary N) is 1. The lowest BCUT2D eigenvalue weighted by Crippen LogP contribution is -2.37. The van der Waals surface area contributed by atoms with Crippen molar-refractivity contribution in [2.75, 3.05) is 27.3 Å². The van der Waals surface area contributed by atoms with Gasteiger partial charge in [-0.05, 0) is 31.5 Å². The van der Waals surface area contributed by atoms with Crippen molar-refractivity contribution >= 4 is 29.9 Å². The van der Waals surface area contributed by atoms with Crippen molar-refractivity contribution in [3.05, 3.63) is 23.8 Å². The predicted molar refractivity (Wildman–Crippen MR) is 93.2 cm³/mol. The first-order valence-corrected chi connectivity index (χ1v) is 6.42. The first-order valence-electron chi connectivity index (χ1n) is 6.42. The Labute approximate surface area is 138 Å². The Bertz CT molecular complexity index is 434. The number of hydrogen-bond donors (Lipinski definition) is 1. The molecule has 0 aromatic heterocycles. The third kappa shape index (κ3) is 5.07. The van der Waals surface area contributed by atoms with E-state index in [1.807, 2.05) is 23.1 Å². The second-order valence-corrected chi connectivity index (χ2v) is 4.04. The summed E-state index contributed by atoms with van der Waals surface area (Å²) >= 11 is 0. The van der Waals surface area contributed by atoms with Gasteiger partial charge in [-0.2, -0.15) is 0 Å². The van der Waals surface area contributed by atoms with E-state index in [-0.39, 0.29) is 24.0 Å². The molecule has 0 aliphatic heterocycles. The normalized spacial score (nSPS) is 10.7. The van der Waals surface area contributed by atoms with Gasteiger partial charge in [-0.15, -0.1) is 24.0 Å². The topological polar surface area (TPSA) is 60.1 Å². The molecular weight excluding hydrogens is 369 g/mol. The fourth-order valence-electron chi connectivity index (χ4n) is 1.80. The third-order valence-corrected chi connectivity index (χ3v) is 2.96. The lowest BCUT2D eigenvalue weighted by Gasteiger charge is -2.19. The van der Waals surface area contributed by atoms with Crippen LogP contribution in [0.3, 0.4) is 0 Å². The highest BCUT2D eigenvalue weighted by Crippen LogP contribution is 2.27. The highest BCUT2D eigenvalue weighted by Gasteiger charge is 2.05. The van der Waals surface area contributed by atoms with E-state index in [9.17, 15) is 0 Å². The fraction of sp³-hybridized carbons (Fsp3) is 0.500.